The number of rotatable bonds is 3. The van der Waals surface area contributed by atoms with Crippen molar-refractivity contribution in [3.63, 3.8) is 0 Å². The van der Waals surface area contributed by atoms with Gasteiger partial charge in [0.15, 0.2) is 0 Å². The molecule has 76 valence electrons. The number of hydrogen-bond donors (Lipinski definition) is 2. The summed E-state index contributed by atoms with van der Waals surface area (Å²) in [5.41, 5.74) is 1.10. The van der Waals surface area contributed by atoms with Crippen LogP contribution in [0.15, 0.2) is 24.5 Å². The highest BCUT2D eigenvalue weighted by molar-refractivity contribution is 5.40. The van der Waals surface area contributed by atoms with Crippen LogP contribution in [0, 0.1) is 0 Å². The van der Waals surface area contributed by atoms with E-state index in [-0.39, 0.29) is 0 Å². The molecule has 0 aromatic carbocycles. The van der Waals surface area contributed by atoms with Crippen LogP contribution in [0.5, 0.6) is 0 Å². The molecule has 0 spiro atoms. The normalized spacial score (nSPS) is 21.9. The van der Waals surface area contributed by atoms with Crippen LogP contribution in [-0.4, -0.2) is 37.3 Å². The molecule has 4 nitrogen and oxygen atoms in total. The number of nitrogens with one attached hydrogen (secondary N) is 2. The van der Waals surface area contributed by atoms with E-state index in [4.69, 9.17) is 4.74 Å². The van der Waals surface area contributed by atoms with Crippen molar-refractivity contribution in [1.29, 1.82) is 0 Å². The van der Waals surface area contributed by atoms with E-state index in [1.807, 2.05) is 12.1 Å². The van der Waals surface area contributed by atoms with Crippen LogP contribution in [0.2, 0.25) is 0 Å². The predicted octanol–water partition coefficient (Wildman–Crippen LogP) is 0.482. The fourth-order valence-electron chi connectivity index (χ4n) is 1.46. The number of anilines is 1. The van der Waals surface area contributed by atoms with E-state index < -0.39 is 0 Å². The number of aromatic nitrogens is 1. The van der Waals surface area contributed by atoms with Gasteiger partial charge in [-0.1, -0.05) is 0 Å². The number of nitrogens with zero attached hydrogens (tertiary/aromatic N) is 1. The average molecular weight is 193 g/mol. The van der Waals surface area contributed by atoms with Gasteiger partial charge >= 0.3 is 0 Å². The molecule has 4 heteroatoms. The quantitative estimate of drug-likeness (QED) is 0.733. The van der Waals surface area contributed by atoms with Gasteiger partial charge in [0.1, 0.15) is 0 Å². The Balaban J connectivity index is 1.76. The number of hydrogen-bond acceptors (Lipinski definition) is 4. The van der Waals surface area contributed by atoms with E-state index in [1.165, 1.54) is 0 Å². The highest BCUT2D eigenvalue weighted by Gasteiger charge is 2.11. The molecular formula is C10H15N3O. The van der Waals surface area contributed by atoms with Crippen molar-refractivity contribution in [3.8, 4) is 0 Å². The van der Waals surface area contributed by atoms with E-state index in [0.717, 1.165) is 32.0 Å². The molecule has 1 atom stereocenters. The lowest BCUT2D eigenvalue weighted by atomic mass is 10.2. The first-order chi connectivity index (χ1) is 6.95. The smallest absolute Gasteiger partial charge is 0.0637 e. The van der Waals surface area contributed by atoms with Crippen LogP contribution in [0.3, 0.4) is 0 Å². The highest BCUT2D eigenvalue weighted by atomic mass is 16.5. The Morgan fingerprint density at radius 1 is 1.50 bits per heavy atom. The van der Waals surface area contributed by atoms with Crippen LogP contribution >= 0.6 is 0 Å². The molecule has 1 aliphatic heterocycles. The molecule has 1 fully saturated rings. The molecule has 0 radical (unpaired) electrons. The SMILES string of the molecule is c1cc(NCC2COCCN2)ccn1. The molecule has 1 saturated heterocycles. The zero-order valence-corrected chi connectivity index (χ0v) is 8.07. The van der Waals surface area contributed by atoms with E-state index in [0.29, 0.717) is 6.04 Å². The van der Waals surface area contributed by atoms with E-state index in [9.17, 15) is 0 Å². The van der Waals surface area contributed by atoms with Gasteiger partial charge in [-0.05, 0) is 12.1 Å². The Hall–Kier alpha value is -1.13. The Morgan fingerprint density at radius 3 is 3.07 bits per heavy atom. The largest absolute Gasteiger partial charge is 0.383 e. The molecular weight excluding hydrogens is 178 g/mol. The van der Waals surface area contributed by atoms with E-state index >= 15 is 0 Å². The Morgan fingerprint density at radius 2 is 2.36 bits per heavy atom. The molecule has 2 heterocycles. The van der Waals surface area contributed by atoms with Gasteiger partial charge in [-0.2, -0.15) is 0 Å². The Labute approximate surface area is 83.7 Å². The summed E-state index contributed by atoms with van der Waals surface area (Å²) in [7, 11) is 0. The van der Waals surface area contributed by atoms with Crippen LogP contribution in [0.4, 0.5) is 5.69 Å². The summed E-state index contributed by atoms with van der Waals surface area (Å²) in [5, 5.41) is 6.72. The van der Waals surface area contributed by atoms with Gasteiger partial charge in [-0.3, -0.25) is 4.98 Å². The molecule has 0 bridgehead atoms. The van der Waals surface area contributed by atoms with Crippen LogP contribution in [0.1, 0.15) is 0 Å². The summed E-state index contributed by atoms with van der Waals surface area (Å²) in [6, 6.07) is 4.34. The molecule has 1 unspecified atom stereocenters. The molecule has 1 aliphatic rings. The third-order valence-corrected chi connectivity index (χ3v) is 2.23. The van der Waals surface area contributed by atoms with Gasteiger partial charge < -0.3 is 15.4 Å². The average Bonchev–Trinajstić information content (AvgIpc) is 2.29. The van der Waals surface area contributed by atoms with Crippen molar-refractivity contribution in [2.24, 2.45) is 0 Å². The molecule has 2 N–H and O–H groups in total. The van der Waals surface area contributed by atoms with Crippen molar-refractivity contribution in [3.05, 3.63) is 24.5 Å². The minimum atomic E-state index is 0.414. The molecule has 1 aromatic heterocycles. The summed E-state index contributed by atoms with van der Waals surface area (Å²) in [6.45, 7) is 3.45. The lowest BCUT2D eigenvalue weighted by molar-refractivity contribution is 0.0806. The predicted molar refractivity (Wildman–Crippen MR) is 55.3 cm³/mol. The van der Waals surface area contributed by atoms with Crippen molar-refractivity contribution in [1.82, 2.24) is 10.3 Å². The molecule has 0 saturated carbocycles. The lowest BCUT2D eigenvalue weighted by Gasteiger charge is -2.24. The van der Waals surface area contributed by atoms with Crippen LogP contribution < -0.4 is 10.6 Å². The van der Waals surface area contributed by atoms with Gasteiger partial charge in [0.25, 0.3) is 0 Å². The second-order valence-electron chi connectivity index (χ2n) is 3.34. The van der Waals surface area contributed by atoms with Crippen molar-refractivity contribution in [2.75, 3.05) is 31.6 Å². The standard InChI is InChI=1S/C10H15N3O/c1-3-11-4-2-9(1)13-7-10-8-14-6-5-12-10/h1-4,10,12H,5-8H2,(H,11,13). The zero-order chi connectivity index (χ0) is 9.64. The van der Waals surface area contributed by atoms with E-state index in [1.54, 1.807) is 12.4 Å². The van der Waals surface area contributed by atoms with Gasteiger partial charge in [0.2, 0.25) is 0 Å². The maximum atomic E-state index is 5.36. The number of morpholine rings is 1. The highest BCUT2D eigenvalue weighted by Crippen LogP contribution is 2.03. The Bertz CT molecular complexity index is 259. The second kappa shape index (κ2) is 4.93. The third-order valence-electron chi connectivity index (χ3n) is 2.23. The minimum absolute atomic E-state index is 0.414. The van der Waals surface area contributed by atoms with Gasteiger partial charge in [-0.15, -0.1) is 0 Å². The fourth-order valence-corrected chi connectivity index (χ4v) is 1.46. The maximum absolute atomic E-state index is 5.36. The molecule has 14 heavy (non-hydrogen) atoms. The number of ether oxygens (including phenoxy) is 1. The lowest BCUT2D eigenvalue weighted by Crippen LogP contribution is -2.45. The first kappa shape index (κ1) is 9.43. The summed E-state index contributed by atoms with van der Waals surface area (Å²) in [5.74, 6) is 0. The van der Waals surface area contributed by atoms with E-state index in [2.05, 4.69) is 15.6 Å². The summed E-state index contributed by atoms with van der Waals surface area (Å²) >= 11 is 0. The zero-order valence-electron chi connectivity index (χ0n) is 8.07. The van der Waals surface area contributed by atoms with Gasteiger partial charge in [0.05, 0.1) is 13.2 Å². The summed E-state index contributed by atoms with van der Waals surface area (Å²) in [6.07, 6.45) is 3.57. The Kier molecular flexibility index (Phi) is 3.32. The molecule has 0 aliphatic carbocycles. The van der Waals surface area contributed by atoms with Crippen molar-refractivity contribution >= 4 is 5.69 Å². The van der Waals surface area contributed by atoms with Gasteiger partial charge in [0, 0.05) is 37.2 Å². The number of pyridine rings is 1. The molecule has 1 aromatic rings. The summed E-state index contributed by atoms with van der Waals surface area (Å²) < 4.78 is 5.36. The first-order valence-electron chi connectivity index (χ1n) is 4.90. The molecule has 0 amide bonds. The topological polar surface area (TPSA) is 46.2 Å². The first-order valence-corrected chi connectivity index (χ1v) is 4.90. The third kappa shape index (κ3) is 2.68. The fraction of sp³-hybridized carbons (Fsp3) is 0.500. The minimum Gasteiger partial charge on any atom is -0.383 e. The monoisotopic (exact) mass is 193 g/mol. The van der Waals surface area contributed by atoms with Crippen molar-refractivity contribution in [2.45, 2.75) is 6.04 Å². The van der Waals surface area contributed by atoms with Gasteiger partial charge in [-0.25, -0.2) is 0 Å². The molecule has 2 rings (SSSR count). The summed E-state index contributed by atoms with van der Waals surface area (Å²) in [4.78, 5) is 3.96. The second-order valence-corrected chi connectivity index (χ2v) is 3.34. The maximum Gasteiger partial charge on any atom is 0.0637 e. The van der Waals surface area contributed by atoms with Crippen molar-refractivity contribution < 1.29 is 4.74 Å². The van der Waals surface area contributed by atoms with Crippen LogP contribution in [0.25, 0.3) is 0 Å². The van der Waals surface area contributed by atoms with Crippen LogP contribution in [-0.2, 0) is 4.74 Å².